The van der Waals surface area contributed by atoms with Crippen LogP contribution >= 0.6 is 0 Å². The van der Waals surface area contributed by atoms with Gasteiger partial charge in [0.1, 0.15) is 0 Å². The van der Waals surface area contributed by atoms with E-state index in [1.165, 1.54) is 44.2 Å². The van der Waals surface area contributed by atoms with Gasteiger partial charge in [0.15, 0.2) is 0 Å². The van der Waals surface area contributed by atoms with Crippen molar-refractivity contribution in [3.63, 3.8) is 0 Å². The Morgan fingerprint density at radius 2 is 1.89 bits per heavy atom. The Balaban J connectivity index is 1.18. The van der Waals surface area contributed by atoms with E-state index in [1.807, 2.05) is 18.7 Å². The molecule has 6 heteroatoms. The van der Waals surface area contributed by atoms with Gasteiger partial charge in [0, 0.05) is 41.9 Å². The topological polar surface area (TPSA) is 75.6 Å². The van der Waals surface area contributed by atoms with E-state index in [-0.39, 0.29) is 11.8 Å². The van der Waals surface area contributed by atoms with Gasteiger partial charge in [0.2, 0.25) is 11.9 Å². The first-order valence-corrected chi connectivity index (χ1v) is 10.5. The Labute approximate surface area is 159 Å². The van der Waals surface area contributed by atoms with Gasteiger partial charge in [-0.2, -0.15) is 0 Å². The lowest BCUT2D eigenvalue weighted by molar-refractivity contribution is -0.120. The fourth-order valence-corrected chi connectivity index (χ4v) is 6.91. The van der Waals surface area contributed by atoms with Gasteiger partial charge in [-0.05, 0) is 62.7 Å². The first-order valence-electron chi connectivity index (χ1n) is 10.5. The van der Waals surface area contributed by atoms with Crippen LogP contribution in [0.4, 0.5) is 5.95 Å². The molecule has 7 rings (SSSR count). The molecular formula is C21H27N5O. The van der Waals surface area contributed by atoms with E-state index in [2.05, 4.69) is 24.8 Å². The average Bonchev–Trinajstić information content (AvgIpc) is 3.29. The molecule has 1 aliphatic heterocycles. The fourth-order valence-electron chi connectivity index (χ4n) is 6.91. The molecule has 2 N–H and O–H groups in total. The molecule has 0 aromatic carbocycles. The van der Waals surface area contributed by atoms with Gasteiger partial charge in [-0.15, -0.1) is 0 Å². The van der Waals surface area contributed by atoms with Gasteiger partial charge in [-0.1, -0.05) is 0 Å². The maximum Gasteiger partial charge on any atom is 0.230 e. The standard InChI is InChI=1S/C21H27N5O/c27-19(16-1-2-26-12-22-10-17(26)6-16)25-20-23-11-18(24-20)21-7-13-3-14(8-21)5-15(4-13)9-21/h10-16H,1-9H2,(H2,23,24,25,27). The maximum absolute atomic E-state index is 12.8. The molecule has 0 radical (unpaired) electrons. The van der Waals surface area contributed by atoms with Crippen LogP contribution in [0.5, 0.6) is 0 Å². The molecule has 4 bridgehead atoms. The van der Waals surface area contributed by atoms with Gasteiger partial charge >= 0.3 is 0 Å². The summed E-state index contributed by atoms with van der Waals surface area (Å²) in [7, 11) is 0. The van der Waals surface area contributed by atoms with Crippen LogP contribution in [-0.4, -0.2) is 25.4 Å². The Hall–Kier alpha value is -2.11. The molecule has 1 amide bonds. The van der Waals surface area contributed by atoms with Crippen LogP contribution in [0, 0.1) is 23.7 Å². The molecule has 1 atom stereocenters. The van der Waals surface area contributed by atoms with Crippen LogP contribution in [0.25, 0.3) is 0 Å². The molecule has 2 aromatic heterocycles. The minimum absolute atomic E-state index is 0.00213. The summed E-state index contributed by atoms with van der Waals surface area (Å²) < 4.78 is 2.14. The molecule has 3 heterocycles. The van der Waals surface area contributed by atoms with Gasteiger partial charge in [0.05, 0.1) is 12.5 Å². The van der Waals surface area contributed by atoms with Crippen LogP contribution < -0.4 is 5.32 Å². The number of hydrogen-bond donors (Lipinski definition) is 2. The lowest BCUT2D eigenvalue weighted by Gasteiger charge is -2.56. The van der Waals surface area contributed by atoms with Gasteiger partial charge in [-0.3, -0.25) is 10.1 Å². The summed E-state index contributed by atoms with van der Waals surface area (Å²) in [4.78, 5) is 25.0. The molecule has 27 heavy (non-hydrogen) atoms. The third-order valence-corrected chi connectivity index (χ3v) is 7.77. The first-order chi connectivity index (χ1) is 13.2. The molecular weight excluding hydrogens is 338 g/mol. The minimum Gasteiger partial charge on any atom is -0.335 e. The number of imidazole rings is 2. The smallest absolute Gasteiger partial charge is 0.230 e. The predicted molar refractivity (Wildman–Crippen MR) is 101 cm³/mol. The summed E-state index contributed by atoms with van der Waals surface area (Å²) in [5.74, 6) is 3.43. The SMILES string of the molecule is O=C(Nc1ncc(C23CC4CC(CC(C4)C2)C3)[nH]1)C1CCn2cncc2C1. The number of hydrogen-bond acceptors (Lipinski definition) is 3. The van der Waals surface area contributed by atoms with Crippen LogP contribution in [0.3, 0.4) is 0 Å². The highest BCUT2D eigenvalue weighted by atomic mass is 16.2. The molecule has 2 aromatic rings. The molecule has 1 unspecified atom stereocenters. The van der Waals surface area contributed by atoms with Crippen molar-refractivity contribution in [3.05, 3.63) is 30.1 Å². The molecule has 0 saturated heterocycles. The van der Waals surface area contributed by atoms with E-state index in [4.69, 9.17) is 0 Å². The summed E-state index contributed by atoms with van der Waals surface area (Å²) in [5.41, 5.74) is 2.70. The first kappa shape index (κ1) is 15.9. The van der Waals surface area contributed by atoms with E-state index in [1.54, 1.807) is 0 Å². The van der Waals surface area contributed by atoms with E-state index in [9.17, 15) is 4.79 Å². The lowest BCUT2D eigenvalue weighted by Crippen LogP contribution is -2.48. The van der Waals surface area contributed by atoms with Crippen molar-refractivity contribution in [2.45, 2.75) is 63.3 Å². The number of fused-ring (bicyclic) bond motifs is 1. The molecule has 4 aliphatic carbocycles. The van der Waals surface area contributed by atoms with Crippen molar-refractivity contribution in [2.75, 3.05) is 5.32 Å². The second-order valence-corrected chi connectivity index (χ2v) is 9.60. The summed E-state index contributed by atoms with van der Waals surface area (Å²) in [6.45, 7) is 0.865. The quantitative estimate of drug-likeness (QED) is 0.876. The van der Waals surface area contributed by atoms with Crippen LogP contribution in [0.2, 0.25) is 0 Å². The van der Waals surface area contributed by atoms with Crippen molar-refractivity contribution >= 4 is 11.9 Å². The second kappa shape index (κ2) is 5.69. The fraction of sp³-hybridized carbons (Fsp3) is 0.667. The zero-order valence-electron chi connectivity index (χ0n) is 15.7. The Kier molecular flexibility index (Phi) is 3.35. The number of H-pyrrole nitrogens is 1. The molecule has 142 valence electrons. The summed E-state index contributed by atoms with van der Waals surface area (Å²) in [6, 6.07) is 0. The normalized spacial score (nSPS) is 36.6. The number of aromatic amines is 1. The van der Waals surface area contributed by atoms with Crippen molar-refractivity contribution < 1.29 is 4.79 Å². The van der Waals surface area contributed by atoms with Gasteiger partial charge in [0.25, 0.3) is 0 Å². The Bertz CT molecular complexity index is 845. The van der Waals surface area contributed by atoms with E-state index in [0.717, 1.165) is 42.8 Å². The number of carbonyl (C=O) groups is 1. The zero-order valence-corrected chi connectivity index (χ0v) is 15.7. The maximum atomic E-state index is 12.8. The van der Waals surface area contributed by atoms with Crippen molar-refractivity contribution in [1.29, 1.82) is 0 Å². The van der Waals surface area contributed by atoms with E-state index >= 15 is 0 Å². The van der Waals surface area contributed by atoms with Crippen LogP contribution in [0.15, 0.2) is 18.7 Å². The highest BCUT2D eigenvalue weighted by Crippen LogP contribution is 2.60. The number of carbonyl (C=O) groups excluding carboxylic acids is 1. The lowest BCUT2D eigenvalue weighted by atomic mass is 9.49. The number of amides is 1. The number of nitrogens with zero attached hydrogens (tertiary/aromatic N) is 3. The summed E-state index contributed by atoms with van der Waals surface area (Å²) >= 11 is 0. The summed E-state index contributed by atoms with van der Waals surface area (Å²) in [6.07, 6.45) is 15.6. The number of anilines is 1. The summed E-state index contributed by atoms with van der Waals surface area (Å²) in [5, 5.41) is 3.05. The third kappa shape index (κ3) is 2.56. The second-order valence-electron chi connectivity index (χ2n) is 9.60. The van der Waals surface area contributed by atoms with E-state index in [0.29, 0.717) is 11.4 Å². The molecule has 4 fully saturated rings. The largest absolute Gasteiger partial charge is 0.335 e. The average molecular weight is 365 g/mol. The monoisotopic (exact) mass is 365 g/mol. The van der Waals surface area contributed by atoms with Gasteiger partial charge in [-0.25, -0.2) is 9.97 Å². The number of aryl methyl sites for hydroxylation is 1. The van der Waals surface area contributed by atoms with Crippen LogP contribution in [0.1, 0.15) is 56.3 Å². The zero-order chi connectivity index (χ0) is 18.0. The van der Waals surface area contributed by atoms with Gasteiger partial charge < -0.3 is 9.55 Å². The third-order valence-electron chi connectivity index (χ3n) is 7.77. The number of aromatic nitrogens is 4. The highest BCUT2D eigenvalue weighted by Gasteiger charge is 2.52. The molecule has 5 aliphatic rings. The minimum atomic E-state index is 0.00213. The van der Waals surface area contributed by atoms with E-state index < -0.39 is 0 Å². The van der Waals surface area contributed by atoms with Crippen LogP contribution in [-0.2, 0) is 23.2 Å². The molecule has 6 nitrogen and oxygen atoms in total. The molecule has 4 saturated carbocycles. The predicted octanol–water partition coefficient (Wildman–Crippen LogP) is 3.28. The van der Waals surface area contributed by atoms with Crippen molar-refractivity contribution in [1.82, 2.24) is 19.5 Å². The Morgan fingerprint density at radius 1 is 1.15 bits per heavy atom. The Morgan fingerprint density at radius 3 is 2.63 bits per heavy atom. The highest BCUT2D eigenvalue weighted by molar-refractivity contribution is 5.91. The van der Waals surface area contributed by atoms with Crippen molar-refractivity contribution in [3.8, 4) is 0 Å². The number of rotatable bonds is 3. The number of nitrogens with one attached hydrogen (secondary N) is 2. The van der Waals surface area contributed by atoms with Crippen molar-refractivity contribution in [2.24, 2.45) is 23.7 Å². The molecule has 0 spiro atoms.